The van der Waals surface area contributed by atoms with Gasteiger partial charge in [0.15, 0.2) is 11.5 Å². The minimum Gasteiger partial charge on any atom is -0.493 e. The number of amides is 1. The molecule has 0 atom stereocenters. The summed E-state index contributed by atoms with van der Waals surface area (Å²) in [5, 5.41) is 3.18. The van der Waals surface area contributed by atoms with Crippen LogP contribution in [0, 0.1) is 5.82 Å². The predicted molar refractivity (Wildman–Crippen MR) is 102 cm³/mol. The van der Waals surface area contributed by atoms with Crippen LogP contribution in [0.25, 0.3) is 0 Å². The molecule has 1 heterocycles. The third-order valence-electron chi connectivity index (χ3n) is 4.85. The van der Waals surface area contributed by atoms with Gasteiger partial charge in [-0.25, -0.2) is 4.39 Å². The van der Waals surface area contributed by atoms with E-state index in [0.717, 1.165) is 29.7 Å². The molecule has 1 aliphatic rings. The molecular weight excluding hydrogens is 347 g/mol. The van der Waals surface area contributed by atoms with Crippen molar-refractivity contribution in [3.63, 3.8) is 0 Å². The zero-order valence-corrected chi connectivity index (χ0v) is 15.8. The Kier molecular flexibility index (Phi) is 6.29. The van der Waals surface area contributed by atoms with Crippen molar-refractivity contribution in [2.75, 3.05) is 33.9 Å². The molecule has 27 heavy (non-hydrogen) atoms. The van der Waals surface area contributed by atoms with Gasteiger partial charge in [-0.05, 0) is 60.3 Å². The van der Waals surface area contributed by atoms with Crippen LogP contribution in [0.4, 0.5) is 4.39 Å². The molecule has 2 aromatic carbocycles. The minimum absolute atomic E-state index is 0.0783. The smallest absolute Gasteiger partial charge is 0.236 e. The quantitative estimate of drug-likeness (QED) is 0.759. The van der Waals surface area contributed by atoms with E-state index in [0.29, 0.717) is 31.9 Å². The molecule has 2 aromatic rings. The van der Waals surface area contributed by atoms with Crippen molar-refractivity contribution in [3.05, 3.63) is 58.9 Å². The molecule has 0 unspecified atom stereocenters. The lowest BCUT2D eigenvalue weighted by atomic mass is 9.98. The number of hydrogen-bond donors (Lipinski definition) is 1. The monoisotopic (exact) mass is 372 g/mol. The third kappa shape index (κ3) is 4.77. The summed E-state index contributed by atoms with van der Waals surface area (Å²) in [5.41, 5.74) is 3.34. The van der Waals surface area contributed by atoms with Crippen LogP contribution in [0.15, 0.2) is 36.4 Å². The van der Waals surface area contributed by atoms with Crippen LogP contribution in [0.1, 0.15) is 16.7 Å². The van der Waals surface area contributed by atoms with Crippen LogP contribution in [0.2, 0.25) is 0 Å². The summed E-state index contributed by atoms with van der Waals surface area (Å²) in [4.78, 5) is 14.4. The van der Waals surface area contributed by atoms with Crippen molar-refractivity contribution in [1.29, 1.82) is 0 Å². The first kappa shape index (κ1) is 19.2. The van der Waals surface area contributed by atoms with Crippen molar-refractivity contribution in [1.82, 2.24) is 10.2 Å². The van der Waals surface area contributed by atoms with E-state index >= 15 is 0 Å². The Morgan fingerprint density at radius 3 is 2.44 bits per heavy atom. The molecule has 0 fully saturated rings. The van der Waals surface area contributed by atoms with Crippen LogP contribution < -0.4 is 14.8 Å². The number of carbonyl (C=O) groups excluding carboxylic acids is 1. The zero-order valence-electron chi connectivity index (χ0n) is 15.8. The molecular formula is C21H25FN2O3. The summed E-state index contributed by atoms with van der Waals surface area (Å²) >= 11 is 0. The lowest BCUT2D eigenvalue weighted by molar-refractivity contribution is -0.131. The number of ether oxygens (including phenoxy) is 2. The first-order chi connectivity index (χ1) is 13.1. The van der Waals surface area contributed by atoms with Gasteiger partial charge in [0, 0.05) is 13.1 Å². The Balaban J connectivity index is 1.50. The lowest BCUT2D eigenvalue weighted by Gasteiger charge is -2.29. The van der Waals surface area contributed by atoms with Gasteiger partial charge in [-0.3, -0.25) is 4.79 Å². The van der Waals surface area contributed by atoms with Gasteiger partial charge in [0.1, 0.15) is 5.82 Å². The number of carbonyl (C=O) groups is 1. The van der Waals surface area contributed by atoms with E-state index < -0.39 is 0 Å². The Morgan fingerprint density at radius 1 is 1.11 bits per heavy atom. The lowest BCUT2D eigenvalue weighted by Crippen LogP contribution is -2.41. The number of hydrogen-bond acceptors (Lipinski definition) is 4. The highest BCUT2D eigenvalue weighted by molar-refractivity contribution is 5.78. The average molecular weight is 372 g/mol. The van der Waals surface area contributed by atoms with Gasteiger partial charge in [0.2, 0.25) is 5.91 Å². The molecule has 0 aromatic heterocycles. The normalized spacial score (nSPS) is 13.2. The van der Waals surface area contributed by atoms with Crippen molar-refractivity contribution >= 4 is 5.91 Å². The maximum Gasteiger partial charge on any atom is 0.236 e. The summed E-state index contributed by atoms with van der Waals surface area (Å²) in [6.45, 7) is 2.24. The van der Waals surface area contributed by atoms with E-state index in [1.807, 2.05) is 17.0 Å². The average Bonchev–Trinajstić information content (AvgIpc) is 2.70. The highest BCUT2D eigenvalue weighted by atomic mass is 19.1. The van der Waals surface area contributed by atoms with Gasteiger partial charge in [0.05, 0.1) is 20.8 Å². The number of nitrogens with one attached hydrogen (secondary N) is 1. The molecule has 1 amide bonds. The SMILES string of the molecule is COc1cc2c(cc1OC)CN(C(=O)CNCCc1ccc(F)cc1)CC2. The van der Waals surface area contributed by atoms with Gasteiger partial charge < -0.3 is 19.7 Å². The summed E-state index contributed by atoms with van der Waals surface area (Å²) in [6, 6.07) is 10.4. The molecule has 3 rings (SSSR count). The van der Waals surface area contributed by atoms with Crippen LogP contribution in [0.5, 0.6) is 11.5 Å². The van der Waals surface area contributed by atoms with E-state index in [9.17, 15) is 9.18 Å². The maximum absolute atomic E-state index is 12.9. The number of fused-ring (bicyclic) bond motifs is 1. The van der Waals surface area contributed by atoms with Crippen LogP contribution in [-0.2, 0) is 24.2 Å². The Labute approximate surface area is 159 Å². The third-order valence-corrected chi connectivity index (χ3v) is 4.85. The second-order valence-corrected chi connectivity index (χ2v) is 6.59. The van der Waals surface area contributed by atoms with Crippen molar-refractivity contribution in [3.8, 4) is 11.5 Å². The van der Waals surface area contributed by atoms with E-state index in [4.69, 9.17) is 9.47 Å². The number of benzene rings is 2. The maximum atomic E-state index is 12.9. The number of nitrogens with zero attached hydrogens (tertiary/aromatic N) is 1. The fraction of sp³-hybridized carbons (Fsp3) is 0.381. The minimum atomic E-state index is -0.235. The van der Waals surface area contributed by atoms with Crippen molar-refractivity contribution < 1.29 is 18.7 Å². The van der Waals surface area contributed by atoms with Gasteiger partial charge in [-0.1, -0.05) is 12.1 Å². The fourth-order valence-electron chi connectivity index (χ4n) is 3.29. The van der Waals surface area contributed by atoms with E-state index in [1.165, 1.54) is 17.7 Å². The molecule has 0 saturated carbocycles. The van der Waals surface area contributed by atoms with Crippen LogP contribution in [0.3, 0.4) is 0 Å². The molecule has 1 aliphatic heterocycles. The standard InChI is InChI=1S/C21H25FN2O3/c1-26-19-11-16-8-10-24(14-17(16)12-20(19)27-2)21(25)13-23-9-7-15-3-5-18(22)6-4-15/h3-6,11-12,23H,7-10,13-14H2,1-2H3. The predicted octanol–water partition coefficient (Wildman–Crippen LogP) is 2.56. The summed E-state index contributed by atoms with van der Waals surface area (Å²) in [6.07, 6.45) is 1.56. The summed E-state index contributed by atoms with van der Waals surface area (Å²) in [5.74, 6) is 1.25. The second kappa shape index (κ2) is 8.86. The molecule has 0 bridgehead atoms. The zero-order chi connectivity index (χ0) is 19.2. The largest absolute Gasteiger partial charge is 0.493 e. The highest BCUT2D eigenvalue weighted by Gasteiger charge is 2.22. The van der Waals surface area contributed by atoms with Crippen LogP contribution in [-0.4, -0.2) is 44.7 Å². The van der Waals surface area contributed by atoms with Gasteiger partial charge >= 0.3 is 0 Å². The number of halogens is 1. The van der Waals surface area contributed by atoms with E-state index in [1.54, 1.807) is 26.4 Å². The highest BCUT2D eigenvalue weighted by Crippen LogP contribution is 2.33. The Bertz CT molecular complexity index is 793. The molecule has 0 radical (unpaired) electrons. The molecule has 0 aliphatic carbocycles. The first-order valence-corrected chi connectivity index (χ1v) is 9.07. The first-order valence-electron chi connectivity index (χ1n) is 9.07. The molecule has 5 nitrogen and oxygen atoms in total. The number of methoxy groups -OCH3 is 2. The fourth-order valence-corrected chi connectivity index (χ4v) is 3.29. The molecule has 6 heteroatoms. The van der Waals surface area contributed by atoms with Gasteiger partial charge in [0.25, 0.3) is 0 Å². The van der Waals surface area contributed by atoms with Gasteiger partial charge in [-0.15, -0.1) is 0 Å². The summed E-state index contributed by atoms with van der Waals surface area (Å²) < 4.78 is 23.6. The molecule has 144 valence electrons. The second-order valence-electron chi connectivity index (χ2n) is 6.59. The van der Waals surface area contributed by atoms with Crippen molar-refractivity contribution in [2.45, 2.75) is 19.4 Å². The van der Waals surface area contributed by atoms with E-state index in [2.05, 4.69) is 5.32 Å². The number of rotatable bonds is 7. The Hall–Kier alpha value is -2.60. The van der Waals surface area contributed by atoms with Crippen molar-refractivity contribution in [2.24, 2.45) is 0 Å². The van der Waals surface area contributed by atoms with Gasteiger partial charge in [-0.2, -0.15) is 0 Å². The topological polar surface area (TPSA) is 50.8 Å². The van der Waals surface area contributed by atoms with E-state index in [-0.39, 0.29) is 11.7 Å². The van der Waals surface area contributed by atoms with Crippen LogP contribution >= 0.6 is 0 Å². The Morgan fingerprint density at radius 2 is 1.78 bits per heavy atom. The summed E-state index contributed by atoms with van der Waals surface area (Å²) in [7, 11) is 3.24. The molecule has 1 N–H and O–H groups in total. The molecule has 0 saturated heterocycles. The molecule has 0 spiro atoms.